The third kappa shape index (κ3) is 53.3. The molecule has 0 spiro atoms. The zero-order chi connectivity index (χ0) is 58.6. The summed E-state index contributed by atoms with van der Waals surface area (Å²) < 4.78 is 53.0. The van der Waals surface area contributed by atoms with Crippen molar-refractivity contribution in [1.29, 1.82) is 0 Å². The lowest BCUT2D eigenvalue weighted by atomic mass is 9.97. The molecule has 0 aliphatic carbocycles. The monoisotopic (exact) mass is 1150 g/mol. The van der Waals surface area contributed by atoms with Crippen LogP contribution in [0.4, 0.5) is 0 Å². The fourth-order valence-electron chi connectivity index (χ4n) is 10.6. The smallest absolute Gasteiger partial charge is 0.309 e. The third-order valence-electron chi connectivity index (χ3n) is 15.9. The van der Waals surface area contributed by atoms with Gasteiger partial charge in [-0.3, -0.25) is 14.4 Å². The molecule has 0 unspecified atom stereocenters. The molecule has 0 N–H and O–H groups in total. The maximum Gasteiger partial charge on any atom is 0.309 e. The zero-order valence-corrected chi connectivity index (χ0v) is 53.8. The molecule has 0 amide bonds. The Kier molecular flexibility index (Phi) is 58.3. The Morgan fingerprint density at radius 2 is 0.679 bits per heavy atom. The van der Waals surface area contributed by atoms with Crippen molar-refractivity contribution in [3.8, 4) is 0 Å². The first-order valence-corrected chi connectivity index (χ1v) is 34.6. The summed E-state index contributed by atoms with van der Waals surface area (Å²) in [7, 11) is 2.08. The van der Waals surface area contributed by atoms with Crippen LogP contribution in [0, 0.1) is 5.92 Å². The number of carbonyl (C=O) groups is 3. The third-order valence-corrected chi connectivity index (χ3v) is 15.9. The van der Waals surface area contributed by atoms with Crippen molar-refractivity contribution in [2.75, 3.05) is 99.4 Å². The van der Waals surface area contributed by atoms with Crippen LogP contribution in [0.25, 0.3) is 0 Å². The minimum Gasteiger partial charge on any atom is -0.463 e. The minimum absolute atomic E-state index is 0.00460. The molecule has 0 saturated carbocycles. The highest BCUT2D eigenvalue weighted by molar-refractivity contribution is 5.72. The number of carbonyl (C=O) groups excluding carboxylic acids is 3. The molecule has 0 aromatic rings. The van der Waals surface area contributed by atoms with E-state index in [-0.39, 0.29) is 48.7 Å². The van der Waals surface area contributed by atoms with Gasteiger partial charge < -0.3 is 47.5 Å². The molecule has 13 nitrogen and oxygen atoms in total. The van der Waals surface area contributed by atoms with Gasteiger partial charge in [-0.25, -0.2) is 0 Å². The first kappa shape index (κ1) is 77.1. The second-order valence-corrected chi connectivity index (χ2v) is 23.7. The van der Waals surface area contributed by atoms with E-state index in [1.165, 1.54) is 128 Å². The average molecular weight is 1150 g/mol. The van der Waals surface area contributed by atoms with Crippen LogP contribution in [0.3, 0.4) is 0 Å². The molecule has 0 aromatic carbocycles. The normalized spacial score (nSPS) is 13.7. The van der Waals surface area contributed by atoms with Crippen molar-refractivity contribution in [2.45, 2.75) is 316 Å². The molecule has 81 heavy (non-hydrogen) atoms. The Balaban J connectivity index is 2.41. The van der Waals surface area contributed by atoms with Gasteiger partial charge in [0, 0.05) is 26.1 Å². The summed E-state index contributed by atoms with van der Waals surface area (Å²) in [4.78, 5) is 40.3. The summed E-state index contributed by atoms with van der Waals surface area (Å²) in [5.41, 5.74) is 0. The van der Waals surface area contributed by atoms with Gasteiger partial charge in [-0.15, -0.1) is 0 Å². The van der Waals surface area contributed by atoms with Crippen molar-refractivity contribution in [3.63, 3.8) is 0 Å². The second-order valence-electron chi connectivity index (χ2n) is 23.7. The van der Waals surface area contributed by atoms with Crippen molar-refractivity contribution in [3.05, 3.63) is 0 Å². The topological polar surface area (TPSA) is 138 Å². The molecule has 1 rings (SSSR count). The molecular formula is C68H131NO12. The lowest BCUT2D eigenvalue weighted by Gasteiger charge is -2.27. The van der Waals surface area contributed by atoms with Crippen molar-refractivity contribution < 1.29 is 57.0 Å². The Morgan fingerprint density at radius 1 is 0.358 bits per heavy atom. The summed E-state index contributed by atoms with van der Waals surface area (Å²) in [6.07, 6.45) is 47.1. The van der Waals surface area contributed by atoms with E-state index < -0.39 is 0 Å². The van der Waals surface area contributed by atoms with E-state index in [9.17, 15) is 14.4 Å². The van der Waals surface area contributed by atoms with Gasteiger partial charge in [-0.05, 0) is 110 Å². The highest BCUT2D eigenvalue weighted by Crippen LogP contribution is 2.21. The average Bonchev–Trinajstić information content (AvgIpc) is 3.46. The molecule has 1 heterocycles. The van der Waals surface area contributed by atoms with E-state index >= 15 is 0 Å². The molecule has 0 bridgehead atoms. The molecule has 1 fully saturated rings. The van der Waals surface area contributed by atoms with Crippen LogP contribution in [0.5, 0.6) is 0 Å². The van der Waals surface area contributed by atoms with Gasteiger partial charge in [0.05, 0.1) is 65.4 Å². The van der Waals surface area contributed by atoms with Crippen LogP contribution in [0.1, 0.15) is 297 Å². The van der Waals surface area contributed by atoms with Crippen LogP contribution in [0.2, 0.25) is 0 Å². The van der Waals surface area contributed by atoms with E-state index in [2.05, 4.69) is 39.6 Å². The van der Waals surface area contributed by atoms with Crippen LogP contribution < -0.4 is 0 Å². The summed E-state index contributed by atoms with van der Waals surface area (Å²) in [5, 5.41) is 0. The molecule has 1 aliphatic rings. The largest absolute Gasteiger partial charge is 0.463 e. The van der Waals surface area contributed by atoms with Gasteiger partial charge in [0.2, 0.25) is 0 Å². The Labute approximate surface area is 498 Å². The number of likely N-dealkylation sites (tertiary alicyclic amines) is 1. The van der Waals surface area contributed by atoms with Gasteiger partial charge >= 0.3 is 17.9 Å². The fraction of sp³-hybridized carbons (Fsp3) is 0.956. The second kappa shape index (κ2) is 61.2. The lowest BCUT2D eigenvalue weighted by molar-refractivity contribution is -0.152. The molecule has 13 heteroatoms. The van der Waals surface area contributed by atoms with Gasteiger partial charge in [-0.2, -0.15) is 0 Å². The highest BCUT2D eigenvalue weighted by atomic mass is 16.6. The first-order chi connectivity index (χ1) is 39.8. The molecule has 1 saturated heterocycles. The van der Waals surface area contributed by atoms with Crippen LogP contribution in [0.15, 0.2) is 0 Å². The van der Waals surface area contributed by atoms with Gasteiger partial charge in [0.1, 0.15) is 24.9 Å². The number of piperidine rings is 1. The number of nitrogens with zero attached hydrogens (tertiary/aromatic N) is 1. The van der Waals surface area contributed by atoms with Gasteiger partial charge in [0.25, 0.3) is 0 Å². The highest BCUT2D eigenvalue weighted by Gasteiger charge is 2.24. The van der Waals surface area contributed by atoms with Crippen molar-refractivity contribution >= 4 is 17.9 Å². The van der Waals surface area contributed by atoms with Crippen molar-refractivity contribution in [1.82, 2.24) is 4.90 Å². The van der Waals surface area contributed by atoms with Crippen LogP contribution >= 0.6 is 0 Å². The van der Waals surface area contributed by atoms with Gasteiger partial charge in [0.15, 0.2) is 0 Å². The summed E-state index contributed by atoms with van der Waals surface area (Å²) in [6, 6.07) is 0. The van der Waals surface area contributed by atoms with Crippen LogP contribution in [-0.4, -0.2) is 141 Å². The molecule has 0 aromatic heterocycles. The fourth-order valence-corrected chi connectivity index (χ4v) is 10.6. The number of hydrogen-bond acceptors (Lipinski definition) is 13. The number of rotatable bonds is 64. The van der Waals surface area contributed by atoms with Crippen LogP contribution in [-0.2, 0) is 57.0 Å². The molecular weight excluding hydrogens is 1020 g/mol. The predicted octanol–water partition coefficient (Wildman–Crippen LogP) is 16.8. The van der Waals surface area contributed by atoms with E-state index in [1.54, 1.807) is 0 Å². The quantitative estimate of drug-likeness (QED) is 0.0325. The van der Waals surface area contributed by atoms with Crippen molar-refractivity contribution in [2.24, 2.45) is 5.92 Å². The summed E-state index contributed by atoms with van der Waals surface area (Å²) in [6.45, 7) is 16.5. The molecule has 0 radical (unpaired) electrons. The zero-order valence-electron chi connectivity index (χ0n) is 53.8. The molecule has 480 valence electrons. The predicted molar refractivity (Wildman–Crippen MR) is 332 cm³/mol. The number of unbranched alkanes of at least 4 members (excludes halogenated alkanes) is 28. The number of ether oxygens (including phenoxy) is 9. The maximum absolute atomic E-state index is 12.9. The van der Waals surface area contributed by atoms with E-state index in [0.717, 1.165) is 142 Å². The van der Waals surface area contributed by atoms with E-state index in [1.807, 2.05) is 0 Å². The Bertz CT molecular complexity index is 1300. The summed E-state index contributed by atoms with van der Waals surface area (Å²) in [5.74, 6) is -0.135. The molecule has 1 aliphatic heterocycles. The maximum atomic E-state index is 12.9. The van der Waals surface area contributed by atoms with Gasteiger partial charge in [-0.1, -0.05) is 195 Å². The standard InChI is InChI=1S/C68H131NO12/c1-6-10-14-18-24-32-40-63(41-33-25-19-15-11-7-2)80-66(70)44-36-28-22-30-38-50-76-60-65(61-77-57-56-74-53-52-73-54-55-75-58-59-79-68(72)62-46-48-69(5)49-47-62)78-51-39-31-23-29-37-45-67(71)81-64(42-34-26-20-16-12-8-3)43-35-27-21-17-13-9-4/h62-65H,6-61H2,1-5H3/t65-/m1/s1. The van der Waals surface area contributed by atoms with E-state index in [0.29, 0.717) is 85.5 Å². The SMILES string of the molecule is CCCCCCCCC(CCCCCCCC)OC(=O)CCCCCCCOC[C@H](COCCOCCOCCOCCOC(=O)C1CCN(C)CC1)OCCCCCCCC(=O)OC(CCCCCCCC)CCCCCCCC. The van der Waals surface area contributed by atoms with E-state index in [4.69, 9.17) is 42.6 Å². The number of esters is 3. The first-order valence-electron chi connectivity index (χ1n) is 34.6. The summed E-state index contributed by atoms with van der Waals surface area (Å²) >= 11 is 0. The minimum atomic E-state index is -0.168. The molecule has 1 atom stereocenters. The Hall–Kier alpha value is -1.87. The Morgan fingerprint density at radius 3 is 1.09 bits per heavy atom. The lowest BCUT2D eigenvalue weighted by Crippen LogP contribution is -2.34. The number of hydrogen-bond donors (Lipinski definition) is 0.